The standard InChI is InChI=1S/C22H29FN4O/c1-27-14-16(11-26-27)19-12-24-13-20(19)21(28)25-15-22(8-3-2-4-9-22)17-6-5-7-18(23)10-17/h5-7,10-11,14,19-20,24H,2-4,8-9,12-13,15H2,1H3,(H,25,28)/t19-,20+/m1/s1. The van der Waals surface area contributed by atoms with Crippen molar-refractivity contribution < 1.29 is 9.18 Å². The van der Waals surface area contributed by atoms with E-state index in [9.17, 15) is 9.18 Å². The van der Waals surface area contributed by atoms with Gasteiger partial charge in [0.15, 0.2) is 0 Å². The molecule has 1 aromatic carbocycles. The van der Waals surface area contributed by atoms with Crippen molar-refractivity contribution in [1.29, 1.82) is 0 Å². The summed E-state index contributed by atoms with van der Waals surface area (Å²) in [6.07, 6.45) is 9.28. The van der Waals surface area contributed by atoms with Crippen molar-refractivity contribution in [2.45, 2.75) is 43.4 Å². The number of carbonyl (C=O) groups excluding carboxylic acids is 1. The molecule has 2 fully saturated rings. The van der Waals surface area contributed by atoms with Crippen molar-refractivity contribution in [3.05, 3.63) is 53.6 Å². The van der Waals surface area contributed by atoms with E-state index < -0.39 is 0 Å². The number of hydrogen-bond acceptors (Lipinski definition) is 3. The van der Waals surface area contributed by atoms with Crippen LogP contribution in [-0.2, 0) is 17.3 Å². The number of aryl methyl sites for hydroxylation is 1. The van der Waals surface area contributed by atoms with E-state index in [1.54, 1.807) is 16.8 Å². The maximum Gasteiger partial charge on any atom is 0.225 e. The molecule has 150 valence electrons. The van der Waals surface area contributed by atoms with E-state index >= 15 is 0 Å². The van der Waals surface area contributed by atoms with Crippen molar-refractivity contribution in [2.75, 3.05) is 19.6 Å². The fraction of sp³-hybridized carbons (Fsp3) is 0.545. The lowest BCUT2D eigenvalue weighted by Crippen LogP contribution is -2.45. The molecule has 5 nitrogen and oxygen atoms in total. The summed E-state index contributed by atoms with van der Waals surface area (Å²) in [5.41, 5.74) is 1.96. The van der Waals surface area contributed by atoms with Crippen LogP contribution >= 0.6 is 0 Å². The summed E-state index contributed by atoms with van der Waals surface area (Å²) in [7, 11) is 1.90. The molecular weight excluding hydrogens is 355 g/mol. The van der Waals surface area contributed by atoms with Crippen LogP contribution in [0.5, 0.6) is 0 Å². The van der Waals surface area contributed by atoms with Gasteiger partial charge in [0.2, 0.25) is 5.91 Å². The van der Waals surface area contributed by atoms with Crippen LogP contribution in [-0.4, -0.2) is 35.3 Å². The molecule has 28 heavy (non-hydrogen) atoms. The number of halogens is 1. The summed E-state index contributed by atoms with van der Waals surface area (Å²) >= 11 is 0. The highest BCUT2D eigenvalue weighted by Crippen LogP contribution is 2.39. The van der Waals surface area contributed by atoms with Crippen LogP contribution in [0.3, 0.4) is 0 Å². The molecule has 0 spiro atoms. The second-order valence-corrected chi connectivity index (χ2v) is 8.39. The Bertz CT molecular complexity index is 827. The minimum Gasteiger partial charge on any atom is -0.355 e. The summed E-state index contributed by atoms with van der Waals surface area (Å²) in [5, 5.41) is 10.8. The molecule has 0 unspecified atom stereocenters. The highest BCUT2D eigenvalue weighted by atomic mass is 19.1. The summed E-state index contributed by atoms with van der Waals surface area (Å²) in [6, 6.07) is 6.92. The highest BCUT2D eigenvalue weighted by molar-refractivity contribution is 5.80. The van der Waals surface area contributed by atoms with Gasteiger partial charge in [-0.2, -0.15) is 5.10 Å². The lowest BCUT2D eigenvalue weighted by molar-refractivity contribution is -0.125. The van der Waals surface area contributed by atoms with E-state index in [0.29, 0.717) is 13.1 Å². The Morgan fingerprint density at radius 2 is 2.14 bits per heavy atom. The van der Waals surface area contributed by atoms with E-state index in [4.69, 9.17) is 0 Å². The van der Waals surface area contributed by atoms with Gasteiger partial charge in [0.1, 0.15) is 5.82 Å². The summed E-state index contributed by atoms with van der Waals surface area (Å²) in [6.45, 7) is 2.04. The molecule has 2 atom stereocenters. The minimum atomic E-state index is -0.203. The Kier molecular flexibility index (Phi) is 5.49. The predicted octanol–water partition coefficient (Wildman–Crippen LogP) is 2.88. The van der Waals surface area contributed by atoms with Gasteiger partial charge in [0.25, 0.3) is 0 Å². The zero-order valence-electron chi connectivity index (χ0n) is 16.5. The van der Waals surface area contributed by atoms with Crippen molar-refractivity contribution in [3.8, 4) is 0 Å². The van der Waals surface area contributed by atoms with E-state index in [1.807, 2.05) is 25.5 Å². The lowest BCUT2D eigenvalue weighted by atomic mass is 9.69. The molecule has 1 saturated heterocycles. The number of carbonyl (C=O) groups is 1. The predicted molar refractivity (Wildman–Crippen MR) is 106 cm³/mol. The largest absolute Gasteiger partial charge is 0.355 e. The number of rotatable bonds is 5. The molecule has 2 N–H and O–H groups in total. The molecule has 6 heteroatoms. The summed E-state index contributed by atoms with van der Waals surface area (Å²) in [4.78, 5) is 13.1. The number of nitrogens with one attached hydrogen (secondary N) is 2. The molecule has 1 saturated carbocycles. The fourth-order valence-electron chi connectivity index (χ4n) is 4.94. The second-order valence-electron chi connectivity index (χ2n) is 8.39. The Balaban J connectivity index is 1.48. The van der Waals surface area contributed by atoms with Crippen LogP contribution in [0.25, 0.3) is 0 Å². The van der Waals surface area contributed by atoms with E-state index in [0.717, 1.165) is 43.4 Å². The molecule has 2 heterocycles. The van der Waals surface area contributed by atoms with Gasteiger partial charge in [-0.05, 0) is 36.1 Å². The molecule has 2 aromatic rings. The lowest BCUT2D eigenvalue weighted by Gasteiger charge is -2.38. The zero-order valence-corrected chi connectivity index (χ0v) is 16.5. The number of amides is 1. The zero-order chi connectivity index (χ0) is 19.6. The third-order valence-electron chi connectivity index (χ3n) is 6.55. The molecule has 1 aliphatic carbocycles. The molecule has 0 bridgehead atoms. The maximum absolute atomic E-state index is 13.9. The van der Waals surface area contributed by atoms with Gasteiger partial charge < -0.3 is 10.6 Å². The third-order valence-corrected chi connectivity index (χ3v) is 6.55. The normalized spacial score (nSPS) is 24.2. The van der Waals surface area contributed by atoms with Gasteiger partial charge in [-0.1, -0.05) is 31.4 Å². The average Bonchev–Trinajstić information content (AvgIpc) is 3.36. The number of nitrogens with zero attached hydrogens (tertiary/aromatic N) is 2. The van der Waals surface area contributed by atoms with Gasteiger partial charge in [0.05, 0.1) is 12.1 Å². The van der Waals surface area contributed by atoms with Crippen molar-refractivity contribution in [2.24, 2.45) is 13.0 Å². The van der Waals surface area contributed by atoms with Crippen LogP contribution in [0.4, 0.5) is 4.39 Å². The smallest absolute Gasteiger partial charge is 0.225 e. The van der Waals surface area contributed by atoms with Crippen LogP contribution < -0.4 is 10.6 Å². The van der Waals surface area contributed by atoms with E-state index in [2.05, 4.69) is 15.7 Å². The van der Waals surface area contributed by atoms with Crippen LogP contribution in [0, 0.1) is 11.7 Å². The van der Waals surface area contributed by atoms with Gasteiger partial charge in [-0.25, -0.2) is 4.39 Å². The van der Waals surface area contributed by atoms with Crippen LogP contribution in [0.1, 0.15) is 49.1 Å². The first-order valence-corrected chi connectivity index (χ1v) is 10.3. The molecule has 2 aliphatic rings. The molecule has 1 aliphatic heterocycles. The quantitative estimate of drug-likeness (QED) is 0.833. The Morgan fingerprint density at radius 1 is 1.32 bits per heavy atom. The van der Waals surface area contributed by atoms with E-state index in [1.165, 1.54) is 12.5 Å². The summed E-state index contributed by atoms with van der Waals surface area (Å²) < 4.78 is 15.7. The first-order chi connectivity index (χ1) is 13.6. The molecule has 0 radical (unpaired) electrons. The van der Waals surface area contributed by atoms with Crippen LogP contribution in [0.15, 0.2) is 36.7 Å². The van der Waals surface area contributed by atoms with Crippen LogP contribution in [0.2, 0.25) is 0 Å². The number of benzene rings is 1. The minimum absolute atomic E-state index is 0.0835. The van der Waals surface area contributed by atoms with Crippen molar-refractivity contribution >= 4 is 5.91 Å². The van der Waals surface area contributed by atoms with Gasteiger partial charge >= 0.3 is 0 Å². The van der Waals surface area contributed by atoms with E-state index in [-0.39, 0.29) is 29.0 Å². The Hall–Kier alpha value is -2.21. The molecule has 4 rings (SSSR count). The van der Waals surface area contributed by atoms with Crippen molar-refractivity contribution in [1.82, 2.24) is 20.4 Å². The number of aromatic nitrogens is 2. The third kappa shape index (κ3) is 3.83. The topological polar surface area (TPSA) is 59.0 Å². The Morgan fingerprint density at radius 3 is 2.86 bits per heavy atom. The number of hydrogen-bond donors (Lipinski definition) is 2. The molecular formula is C22H29FN4O. The van der Waals surface area contributed by atoms with Crippen molar-refractivity contribution in [3.63, 3.8) is 0 Å². The monoisotopic (exact) mass is 384 g/mol. The summed E-state index contributed by atoms with van der Waals surface area (Å²) in [5.74, 6) is -0.0758. The fourth-order valence-corrected chi connectivity index (χ4v) is 4.94. The Labute approximate surface area is 165 Å². The SMILES string of the molecule is Cn1cc([C@H]2CNC[C@@H]2C(=O)NCC2(c3cccc(F)c3)CCCCC2)cn1. The average molecular weight is 384 g/mol. The highest BCUT2D eigenvalue weighted by Gasteiger charge is 2.38. The molecule has 1 aromatic heterocycles. The second kappa shape index (κ2) is 8.03. The van der Waals surface area contributed by atoms with Gasteiger partial charge in [-0.15, -0.1) is 0 Å². The van der Waals surface area contributed by atoms with Gasteiger partial charge in [0, 0.05) is 44.2 Å². The maximum atomic E-state index is 13.9. The van der Waals surface area contributed by atoms with Gasteiger partial charge in [-0.3, -0.25) is 9.48 Å². The first kappa shape index (κ1) is 19.1. The molecule has 1 amide bonds. The first-order valence-electron chi connectivity index (χ1n) is 10.3.